The molecular formula is C9H9N7O2. The molecule has 0 aromatic carbocycles. The number of fused-ring (bicyclic) bond motifs is 1. The van der Waals surface area contributed by atoms with Crippen molar-refractivity contribution in [1.82, 2.24) is 30.0 Å². The minimum Gasteiger partial charge on any atom is -0.368 e. The van der Waals surface area contributed by atoms with Gasteiger partial charge in [-0.15, -0.1) is 5.10 Å². The van der Waals surface area contributed by atoms with E-state index < -0.39 is 0 Å². The van der Waals surface area contributed by atoms with Crippen LogP contribution in [0, 0.1) is 0 Å². The van der Waals surface area contributed by atoms with E-state index in [1.165, 1.54) is 10.8 Å². The average molecular weight is 247 g/mol. The summed E-state index contributed by atoms with van der Waals surface area (Å²) in [5.74, 6) is 1.12. The molecule has 0 atom stereocenters. The molecule has 18 heavy (non-hydrogen) atoms. The normalized spacial score (nSPS) is 10.9. The van der Waals surface area contributed by atoms with Crippen LogP contribution >= 0.6 is 0 Å². The second-order valence-electron chi connectivity index (χ2n) is 3.53. The van der Waals surface area contributed by atoms with Gasteiger partial charge in [0.05, 0.1) is 0 Å². The molecule has 0 aliphatic heterocycles. The summed E-state index contributed by atoms with van der Waals surface area (Å²) in [4.78, 5) is 15.2. The predicted molar refractivity (Wildman–Crippen MR) is 60.1 cm³/mol. The molecular weight excluding hydrogens is 238 g/mol. The molecule has 0 amide bonds. The molecule has 0 unspecified atom stereocenters. The quantitative estimate of drug-likeness (QED) is 0.636. The zero-order valence-electron chi connectivity index (χ0n) is 9.20. The molecule has 0 saturated heterocycles. The number of aromatic nitrogens is 6. The Balaban J connectivity index is 1.70. The number of hydrogen-bond donors (Lipinski definition) is 2. The topological polar surface area (TPSA) is 114 Å². The molecule has 3 rings (SSSR count). The maximum Gasteiger partial charge on any atom is 0.364 e. The molecule has 0 aliphatic carbocycles. The Labute approximate surface area is 99.8 Å². The van der Waals surface area contributed by atoms with Crippen molar-refractivity contribution in [3.8, 4) is 0 Å². The van der Waals surface area contributed by atoms with Gasteiger partial charge in [-0.25, -0.2) is 9.89 Å². The fourth-order valence-corrected chi connectivity index (χ4v) is 1.50. The number of hydrogen-bond acceptors (Lipinski definition) is 7. The van der Waals surface area contributed by atoms with Gasteiger partial charge in [-0.1, -0.05) is 5.16 Å². The van der Waals surface area contributed by atoms with Crippen LogP contribution in [0.15, 0.2) is 27.8 Å². The first-order chi connectivity index (χ1) is 8.83. The smallest absolute Gasteiger partial charge is 0.364 e. The molecule has 0 saturated carbocycles. The van der Waals surface area contributed by atoms with Crippen LogP contribution in [0.4, 0.5) is 5.82 Å². The highest BCUT2D eigenvalue weighted by Gasteiger charge is 2.03. The molecule has 92 valence electrons. The van der Waals surface area contributed by atoms with Crippen molar-refractivity contribution in [2.45, 2.75) is 6.42 Å². The minimum atomic E-state index is -0.370. The van der Waals surface area contributed by atoms with Gasteiger partial charge in [-0.3, -0.25) is 0 Å². The second kappa shape index (κ2) is 4.28. The second-order valence-corrected chi connectivity index (χ2v) is 3.53. The summed E-state index contributed by atoms with van der Waals surface area (Å²) < 4.78 is 6.05. The maximum atomic E-state index is 11.3. The third-order valence-electron chi connectivity index (χ3n) is 2.33. The first-order valence-corrected chi connectivity index (χ1v) is 5.27. The fourth-order valence-electron chi connectivity index (χ4n) is 1.50. The van der Waals surface area contributed by atoms with Crippen LogP contribution < -0.4 is 11.0 Å². The molecule has 0 bridgehead atoms. The first kappa shape index (κ1) is 10.4. The van der Waals surface area contributed by atoms with Crippen LogP contribution in [0.5, 0.6) is 0 Å². The van der Waals surface area contributed by atoms with Crippen LogP contribution in [0.2, 0.25) is 0 Å². The van der Waals surface area contributed by atoms with E-state index in [0.717, 1.165) is 0 Å². The minimum absolute atomic E-state index is 0.370. The van der Waals surface area contributed by atoms with Crippen LogP contribution in [-0.4, -0.2) is 36.5 Å². The summed E-state index contributed by atoms with van der Waals surface area (Å²) >= 11 is 0. The summed E-state index contributed by atoms with van der Waals surface area (Å²) in [5, 5.41) is 16.7. The summed E-state index contributed by atoms with van der Waals surface area (Å²) in [7, 11) is 0. The number of H-pyrrole nitrogens is 1. The van der Waals surface area contributed by atoms with Crippen molar-refractivity contribution in [2.75, 3.05) is 11.9 Å². The third kappa shape index (κ3) is 1.93. The van der Waals surface area contributed by atoms with Gasteiger partial charge in [-0.05, 0) is 12.1 Å². The Morgan fingerprint density at radius 1 is 1.44 bits per heavy atom. The number of nitrogens with zero attached hydrogens (tertiary/aromatic N) is 5. The van der Waals surface area contributed by atoms with Crippen molar-refractivity contribution in [3.63, 3.8) is 0 Å². The van der Waals surface area contributed by atoms with Crippen molar-refractivity contribution < 1.29 is 4.52 Å². The van der Waals surface area contributed by atoms with Crippen molar-refractivity contribution in [2.24, 2.45) is 0 Å². The Bertz CT molecular complexity index is 699. The van der Waals surface area contributed by atoms with E-state index in [4.69, 9.17) is 4.52 Å². The molecule has 0 fully saturated rings. The monoisotopic (exact) mass is 247 g/mol. The molecule has 0 aliphatic rings. The van der Waals surface area contributed by atoms with E-state index >= 15 is 0 Å². The molecule has 3 aromatic rings. The molecule has 3 heterocycles. The molecule has 3 aromatic heterocycles. The summed E-state index contributed by atoms with van der Waals surface area (Å²) in [6, 6.07) is 3.43. The molecule has 0 radical (unpaired) electrons. The lowest BCUT2D eigenvalue weighted by Crippen LogP contribution is -2.14. The highest BCUT2D eigenvalue weighted by Crippen LogP contribution is 2.03. The molecule has 0 spiro atoms. The zero-order valence-corrected chi connectivity index (χ0v) is 9.20. The van der Waals surface area contributed by atoms with Crippen LogP contribution in [0.25, 0.3) is 5.65 Å². The number of aromatic amines is 1. The number of anilines is 1. The van der Waals surface area contributed by atoms with E-state index in [9.17, 15) is 4.79 Å². The van der Waals surface area contributed by atoms with E-state index in [2.05, 4.69) is 30.8 Å². The number of nitrogens with one attached hydrogen (secondary N) is 2. The zero-order chi connectivity index (χ0) is 12.4. The first-order valence-electron chi connectivity index (χ1n) is 5.27. The largest absolute Gasteiger partial charge is 0.368 e. The summed E-state index contributed by atoms with van der Waals surface area (Å²) in [5.41, 5.74) is 0.105. The molecule has 2 N–H and O–H groups in total. The Morgan fingerprint density at radius 2 is 2.39 bits per heavy atom. The standard InChI is InChI=1S/C9H9N7O2/c17-9-14-13-7-2-1-6(15-16(7)9)10-4-3-8-11-5-12-18-8/h1-2,5H,3-4H2,(H,10,15)(H,14,17). The Morgan fingerprint density at radius 3 is 3.22 bits per heavy atom. The van der Waals surface area contributed by atoms with E-state index in [1.807, 2.05) is 0 Å². The molecule has 9 heteroatoms. The Kier molecular flexibility index (Phi) is 2.48. The maximum absolute atomic E-state index is 11.3. The van der Waals surface area contributed by atoms with E-state index in [0.29, 0.717) is 30.3 Å². The lowest BCUT2D eigenvalue weighted by atomic mass is 10.4. The van der Waals surface area contributed by atoms with Gasteiger partial charge >= 0.3 is 5.69 Å². The molecule has 9 nitrogen and oxygen atoms in total. The van der Waals surface area contributed by atoms with Crippen molar-refractivity contribution in [1.29, 1.82) is 0 Å². The van der Waals surface area contributed by atoms with Crippen molar-refractivity contribution >= 4 is 11.5 Å². The highest BCUT2D eigenvalue weighted by molar-refractivity contribution is 5.42. The number of rotatable bonds is 4. The van der Waals surface area contributed by atoms with Crippen LogP contribution in [0.3, 0.4) is 0 Å². The average Bonchev–Trinajstić information content (AvgIpc) is 3.01. The summed E-state index contributed by atoms with van der Waals surface area (Å²) in [6.07, 6.45) is 1.94. The van der Waals surface area contributed by atoms with Gasteiger partial charge in [0.2, 0.25) is 5.89 Å². The lowest BCUT2D eigenvalue weighted by Gasteiger charge is -2.02. The fraction of sp³-hybridized carbons (Fsp3) is 0.222. The van der Waals surface area contributed by atoms with Crippen molar-refractivity contribution in [3.05, 3.63) is 34.8 Å². The predicted octanol–water partition coefficient (Wildman–Crippen LogP) is -0.545. The van der Waals surface area contributed by atoms with Gasteiger partial charge in [0.1, 0.15) is 5.82 Å². The third-order valence-corrected chi connectivity index (χ3v) is 2.33. The van der Waals surface area contributed by atoms with Crippen LogP contribution in [0.1, 0.15) is 5.89 Å². The highest BCUT2D eigenvalue weighted by atomic mass is 16.5. The summed E-state index contributed by atoms with van der Waals surface area (Å²) in [6.45, 7) is 0.577. The SMILES string of the molecule is O=c1[nH]nc2ccc(NCCc3ncno3)nn12. The van der Waals surface area contributed by atoms with E-state index in [1.54, 1.807) is 12.1 Å². The van der Waals surface area contributed by atoms with Crippen LogP contribution in [-0.2, 0) is 6.42 Å². The van der Waals surface area contributed by atoms with Gasteiger partial charge < -0.3 is 9.84 Å². The van der Waals surface area contributed by atoms with Gasteiger partial charge in [-0.2, -0.15) is 14.6 Å². The van der Waals surface area contributed by atoms with Gasteiger partial charge in [0, 0.05) is 13.0 Å². The lowest BCUT2D eigenvalue weighted by molar-refractivity contribution is 0.379. The Hall–Kier alpha value is -2.71. The van der Waals surface area contributed by atoms with E-state index in [-0.39, 0.29) is 5.69 Å². The van der Waals surface area contributed by atoms with Gasteiger partial charge in [0.15, 0.2) is 12.0 Å². The van der Waals surface area contributed by atoms with Gasteiger partial charge in [0.25, 0.3) is 0 Å².